The van der Waals surface area contributed by atoms with Crippen molar-refractivity contribution in [3.05, 3.63) is 11.6 Å². The summed E-state index contributed by atoms with van der Waals surface area (Å²) in [5, 5.41) is 0.881. The lowest BCUT2D eigenvalue weighted by atomic mass is 10.2. The highest BCUT2D eigenvalue weighted by molar-refractivity contribution is 9.09. The van der Waals surface area contributed by atoms with Gasteiger partial charge in [-0.2, -0.15) is 0 Å². The third kappa shape index (κ3) is 5.00. The molecule has 0 saturated carbocycles. The first-order valence-electron chi connectivity index (χ1n) is 3.53. The van der Waals surface area contributed by atoms with Crippen LogP contribution in [0.15, 0.2) is 11.6 Å². The van der Waals surface area contributed by atoms with Gasteiger partial charge in [0.25, 0.3) is 0 Å². The lowest BCUT2D eigenvalue weighted by Gasteiger charge is -2.09. The average Bonchev–Trinajstić information content (AvgIpc) is 1.86. The highest BCUT2D eigenvalue weighted by Gasteiger charge is 1.99. The summed E-state index contributed by atoms with van der Waals surface area (Å²) in [6.07, 6.45) is 2.37. The maximum Gasteiger partial charge on any atom is 0.0854 e. The second-order valence-electron chi connectivity index (χ2n) is 2.39. The van der Waals surface area contributed by atoms with Crippen LogP contribution in [0.4, 0.5) is 0 Å². The van der Waals surface area contributed by atoms with Gasteiger partial charge in [-0.15, -0.1) is 0 Å². The molecule has 0 aliphatic carbocycles. The summed E-state index contributed by atoms with van der Waals surface area (Å²) in [6.45, 7) is 6.94. The summed E-state index contributed by atoms with van der Waals surface area (Å²) in [5.41, 5.74) is 1.30. The van der Waals surface area contributed by atoms with Crippen molar-refractivity contribution < 1.29 is 4.74 Å². The Labute approximate surface area is 71.6 Å². The van der Waals surface area contributed by atoms with Gasteiger partial charge in [0, 0.05) is 11.9 Å². The van der Waals surface area contributed by atoms with Crippen molar-refractivity contribution in [2.24, 2.45) is 0 Å². The van der Waals surface area contributed by atoms with Gasteiger partial charge in [-0.1, -0.05) is 27.6 Å². The number of alkyl halides is 1. The van der Waals surface area contributed by atoms with Crippen molar-refractivity contribution in [1.82, 2.24) is 0 Å². The molecule has 0 aromatic heterocycles. The van der Waals surface area contributed by atoms with Gasteiger partial charge in [0.1, 0.15) is 0 Å². The van der Waals surface area contributed by atoms with Gasteiger partial charge in [-0.3, -0.25) is 0 Å². The van der Waals surface area contributed by atoms with Crippen LogP contribution in [0.3, 0.4) is 0 Å². The first-order chi connectivity index (χ1) is 4.70. The Hall–Kier alpha value is 0.180. The Bertz CT molecular complexity index is 106. The topological polar surface area (TPSA) is 9.23 Å². The molecule has 0 aliphatic heterocycles. The van der Waals surface area contributed by atoms with Crippen LogP contribution in [-0.4, -0.2) is 18.0 Å². The van der Waals surface area contributed by atoms with Crippen LogP contribution in [0.2, 0.25) is 0 Å². The van der Waals surface area contributed by atoms with Crippen molar-refractivity contribution >= 4 is 15.9 Å². The molecule has 0 rings (SSSR count). The zero-order chi connectivity index (χ0) is 7.98. The van der Waals surface area contributed by atoms with Gasteiger partial charge in [0.15, 0.2) is 0 Å². The molecule has 0 aromatic rings. The molecule has 0 radical (unpaired) electrons. The Morgan fingerprint density at radius 3 is 2.50 bits per heavy atom. The van der Waals surface area contributed by atoms with Crippen LogP contribution in [0, 0.1) is 0 Å². The van der Waals surface area contributed by atoms with Crippen LogP contribution in [0.1, 0.15) is 20.8 Å². The van der Waals surface area contributed by atoms with E-state index in [4.69, 9.17) is 4.74 Å². The molecule has 0 fully saturated rings. The third-order valence-corrected chi connectivity index (χ3v) is 1.69. The molecule has 1 atom stereocenters. The van der Waals surface area contributed by atoms with Crippen molar-refractivity contribution in [2.45, 2.75) is 26.9 Å². The maximum atomic E-state index is 5.38. The van der Waals surface area contributed by atoms with Gasteiger partial charge >= 0.3 is 0 Å². The van der Waals surface area contributed by atoms with Gasteiger partial charge in [0.05, 0.1) is 6.10 Å². The molecule has 10 heavy (non-hydrogen) atoms. The second kappa shape index (κ2) is 5.93. The summed E-state index contributed by atoms with van der Waals surface area (Å²) < 4.78 is 5.38. The molecular formula is C8H15BrO. The molecule has 60 valence electrons. The summed E-state index contributed by atoms with van der Waals surface area (Å²) in [7, 11) is 0. The van der Waals surface area contributed by atoms with E-state index in [1.54, 1.807) is 0 Å². The number of ether oxygens (including phenoxy) is 1. The number of halogens is 1. The Morgan fingerprint density at radius 2 is 2.20 bits per heavy atom. The van der Waals surface area contributed by atoms with E-state index in [0.29, 0.717) is 0 Å². The van der Waals surface area contributed by atoms with Gasteiger partial charge in [-0.25, -0.2) is 0 Å². The summed E-state index contributed by atoms with van der Waals surface area (Å²) in [6, 6.07) is 0. The SMILES string of the molecule is CCOC(C=C(C)C)CBr. The lowest BCUT2D eigenvalue weighted by molar-refractivity contribution is 0.113. The maximum absolute atomic E-state index is 5.38. The standard InChI is InChI=1S/C8H15BrO/c1-4-10-8(6-9)5-7(2)3/h5,8H,4,6H2,1-3H3. The van der Waals surface area contributed by atoms with Crippen molar-refractivity contribution in [3.63, 3.8) is 0 Å². The first kappa shape index (κ1) is 10.2. The van der Waals surface area contributed by atoms with Crippen LogP contribution in [-0.2, 0) is 4.74 Å². The molecule has 0 aromatic carbocycles. The molecule has 0 saturated heterocycles. The highest BCUT2D eigenvalue weighted by atomic mass is 79.9. The van der Waals surface area contributed by atoms with Crippen molar-refractivity contribution in [3.8, 4) is 0 Å². The van der Waals surface area contributed by atoms with Crippen LogP contribution in [0.25, 0.3) is 0 Å². The number of hydrogen-bond acceptors (Lipinski definition) is 1. The molecule has 0 spiro atoms. The predicted molar refractivity (Wildman–Crippen MR) is 48.6 cm³/mol. The quantitative estimate of drug-likeness (QED) is 0.508. The summed E-state index contributed by atoms with van der Waals surface area (Å²) >= 11 is 3.38. The zero-order valence-corrected chi connectivity index (χ0v) is 8.44. The van der Waals surface area contributed by atoms with E-state index in [-0.39, 0.29) is 6.10 Å². The fourth-order valence-corrected chi connectivity index (χ4v) is 1.10. The van der Waals surface area contributed by atoms with Crippen LogP contribution < -0.4 is 0 Å². The lowest BCUT2D eigenvalue weighted by Crippen LogP contribution is -2.11. The van der Waals surface area contributed by atoms with Crippen molar-refractivity contribution in [2.75, 3.05) is 11.9 Å². The average molecular weight is 207 g/mol. The predicted octanol–water partition coefficient (Wildman–Crippen LogP) is 2.75. The minimum Gasteiger partial charge on any atom is -0.374 e. The van der Waals surface area contributed by atoms with Crippen molar-refractivity contribution in [1.29, 1.82) is 0 Å². The monoisotopic (exact) mass is 206 g/mol. The zero-order valence-electron chi connectivity index (χ0n) is 6.86. The van der Waals surface area contributed by atoms with E-state index in [1.165, 1.54) is 5.57 Å². The molecule has 2 heteroatoms. The minimum absolute atomic E-state index is 0.245. The van der Waals surface area contributed by atoms with Gasteiger partial charge in [0.2, 0.25) is 0 Å². The Morgan fingerprint density at radius 1 is 1.60 bits per heavy atom. The fourth-order valence-electron chi connectivity index (χ4n) is 0.723. The van der Waals surface area contributed by atoms with Crippen LogP contribution >= 0.6 is 15.9 Å². The number of allylic oxidation sites excluding steroid dienone is 1. The van der Waals surface area contributed by atoms with E-state index >= 15 is 0 Å². The van der Waals surface area contributed by atoms with Gasteiger partial charge in [-0.05, 0) is 20.8 Å². The molecular weight excluding hydrogens is 192 g/mol. The van der Waals surface area contributed by atoms with E-state index in [9.17, 15) is 0 Å². The smallest absolute Gasteiger partial charge is 0.0854 e. The normalized spacial score (nSPS) is 12.8. The molecule has 0 N–H and O–H groups in total. The van der Waals surface area contributed by atoms with E-state index in [0.717, 1.165) is 11.9 Å². The second-order valence-corrected chi connectivity index (χ2v) is 3.04. The van der Waals surface area contributed by atoms with Crippen LogP contribution in [0.5, 0.6) is 0 Å². The Balaban J connectivity index is 3.71. The molecule has 1 unspecified atom stereocenters. The number of rotatable bonds is 4. The first-order valence-corrected chi connectivity index (χ1v) is 4.65. The van der Waals surface area contributed by atoms with E-state index < -0.39 is 0 Å². The molecule has 1 nitrogen and oxygen atoms in total. The molecule has 0 bridgehead atoms. The Kier molecular flexibility index (Phi) is 6.03. The molecule has 0 aliphatic rings. The van der Waals surface area contributed by atoms with E-state index in [1.807, 2.05) is 6.92 Å². The fraction of sp³-hybridized carbons (Fsp3) is 0.750. The number of hydrogen-bond donors (Lipinski definition) is 0. The van der Waals surface area contributed by atoms with E-state index in [2.05, 4.69) is 35.9 Å². The highest BCUT2D eigenvalue weighted by Crippen LogP contribution is 2.02. The largest absolute Gasteiger partial charge is 0.374 e. The minimum atomic E-state index is 0.245. The summed E-state index contributed by atoms with van der Waals surface area (Å²) in [4.78, 5) is 0. The van der Waals surface area contributed by atoms with Gasteiger partial charge < -0.3 is 4.74 Å². The molecule has 0 amide bonds. The summed E-state index contributed by atoms with van der Waals surface area (Å²) in [5.74, 6) is 0. The molecule has 0 heterocycles. The third-order valence-electron chi connectivity index (χ3n) is 1.05.